The summed E-state index contributed by atoms with van der Waals surface area (Å²) in [5, 5.41) is 38.5. The van der Waals surface area contributed by atoms with Gasteiger partial charge in [-0.3, -0.25) is 5.41 Å². The molecule has 0 aromatic heterocycles. The van der Waals surface area contributed by atoms with Crippen molar-refractivity contribution in [3.8, 4) is 18.2 Å². The van der Waals surface area contributed by atoms with Crippen molar-refractivity contribution in [1.82, 2.24) is 4.90 Å². The molecular formula is C18H25N5. The van der Waals surface area contributed by atoms with E-state index < -0.39 is 10.8 Å². The molecule has 1 aliphatic carbocycles. The fourth-order valence-corrected chi connectivity index (χ4v) is 4.97. The highest BCUT2D eigenvalue weighted by molar-refractivity contribution is 5.95. The topological polar surface area (TPSA) is 98.5 Å². The third-order valence-electron chi connectivity index (χ3n) is 5.89. The lowest BCUT2D eigenvalue weighted by atomic mass is 9.63. The minimum Gasteiger partial charge on any atom is -0.353 e. The minimum atomic E-state index is -1.41. The van der Waals surface area contributed by atoms with Crippen molar-refractivity contribution in [2.24, 2.45) is 22.7 Å². The summed E-state index contributed by atoms with van der Waals surface area (Å²) in [5.74, 6) is 0.265. The summed E-state index contributed by atoms with van der Waals surface area (Å²) in [4.78, 5) is 1.90. The van der Waals surface area contributed by atoms with E-state index in [4.69, 9.17) is 5.41 Å². The van der Waals surface area contributed by atoms with Gasteiger partial charge >= 0.3 is 0 Å². The molecule has 2 aliphatic rings. The molecule has 2 bridgehead atoms. The molecule has 0 unspecified atom stereocenters. The van der Waals surface area contributed by atoms with Crippen LogP contribution in [0, 0.1) is 62.1 Å². The number of hydrogen-bond acceptors (Lipinski definition) is 4. The van der Waals surface area contributed by atoms with Gasteiger partial charge in [0.1, 0.15) is 5.84 Å². The van der Waals surface area contributed by atoms with Crippen molar-refractivity contribution >= 4 is 5.84 Å². The molecule has 2 rings (SSSR count). The first kappa shape index (κ1) is 17.3. The molecule has 2 fully saturated rings. The largest absolute Gasteiger partial charge is 0.353 e. The van der Waals surface area contributed by atoms with Crippen molar-refractivity contribution in [2.75, 3.05) is 6.54 Å². The van der Waals surface area contributed by atoms with Gasteiger partial charge in [-0.2, -0.15) is 15.8 Å². The second-order valence-corrected chi connectivity index (χ2v) is 6.76. The van der Waals surface area contributed by atoms with Crippen LogP contribution in [-0.4, -0.2) is 23.3 Å². The maximum atomic E-state index is 10.0. The summed E-state index contributed by atoms with van der Waals surface area (Å²) in [6.07, 6.45) is 4.41. The Bertz CT molecular complexity index is 590. The third kappa shape index (κ3) is 1.85. The zero-order valence-electron chi connectivity index (χ0n) is 14.3. The third-order valence-corrected chi connectivity index (χ3v) is 5.89. The number of hydrogen-bond donors (Lipinski definition) is 1. The number of rotatable bonds is 6. The Morgan fingerprint density at radius 1 is 1.09 bits per heavy atom. The van der Waals surface area contributed by atoms with Crippen LogP contribution in [-0.2, 0) is 0 Å². The molecule has 23 heavy (non-hydrogen) atoms. The SMILES string of the molecule is CCCCN1C(=N)[C@@]2(C#N)[C@H](CCC)[C@H](CC)[C@H]1C2(C#N)C#N. The maximum absolute atomic E-state index is 10.0. The number of amidine groups is 1. The van der Waals surface area contributed by atoms with Gasteiger partial charge in [-0.1, -0.05) is 40.0 Å². The van der Waals surface area contributed by atoms with E-state index in [2.05, 4.69) is 39.0 Å². The zero-order chi connectivity index (χ0) is 17.3. The standard InChI is InChI=1S/C18H25N5/c1-4-7-9-23-15-13(6-3)14(8-5-2)18(12-21,16(23)22)17(15,10-19)11-20/h13-15,22H,4-9H2,1-3H3/t13-,14+,15-,18+/m0/s1. The maximum Gasteiger partial charge on any atom is 0.189 e. The number of nitrogens with zero attached hydrogens (tertiary/aromatic N) is 4. The van der Waals surface area contributed by atoms with E-state index in [9.17, 15) is 15.8 Å². The fraction of sp³-hybridized carbons (Fsp3) is 0.778. The molecule has 122 valence electrons. The van der Waals surface area contributed by atoms with Gasteiger partial charge in [0, 0.05) is 6.54 Å². The Morgan fingerprint density at radius 2 is 1.74 bits per heavy atom. The Hall–Kier alpha value is -2.06. The van der Waals surface area contributed by atoms with Gasteiger partial charge in [0.2, 0.25) is 0 Å². The predicted molar refractivity (Wildman–Crippen MR) is 87.0 cm³/mol. The van der Waals surface area contributed by atoms with E-state index in [-0.39, 0.29) is 23.7 Å². The molecule has 1 N–H and O–H groups in total. The Balaban J connectivity index is 2.66. The normalized spacial score (nSPS) is 34.0. The Kier molecular flexibility index (Phi) is 4.67. The molecule has 1 saturated heterocycles. The van der Waals surface area contributed by atoms with Crippen molar-refractivity contribution in [3.05, 3.63) is 0 Å². The number of nitriles is 3. The number of likely N-dealkylation sites (tertiary alicyclic amines) is 1. The predicted octanol–water partition coefficient (Wildman–Crippen LogP) is 3.45. The van der Waals surface area contributed by atoms with Crippen LogP contribution in [0.25, 0.3) is 0 Å². The first-order valence-electron chi connectivity index (χ1n) is 8.65. The van der Waals surface area contributed by atoms with Gasteiger partial charge < -0.3 is 4.90 Å². The van der Waals surface area contributed by atoms with Gasteiger partial charge in [0.25, 0.3) is 0 Å². The quantitative estimate of drug-likeness (QED) is 0.812. The van der Waals surface area contributed by atoms with E-state index in [1.807, 2.05) is 4.90 Å². The minimum absolute atomic E-state index is 0.0721. The second-order valence-electron chi connectivity index (χ2n) is 6.76. The molecule has 1 heterocycles. The van der Waals surface area contributed by atoms with Crippen LogP contribution in [0.3, 0.4) is 0 Å². The zero-order valence-corrected chi connectivity index (χ0v) is 14.3. The lowest BCUT2D eigenvalue weighted by molar-refractivity contribution is 0.166. The van der Waals surface area contributed by atoms with E-state index >= 15 is 0 Å². The van der Waals surface area contributed by atoms with Crippen LogP contribution < -0.4 is 0 Å². The molecule has 1 saturated carbocycles. The lowest BCUT2D eigenvalue weighted by Gasteiger charge is -2.41. The number of piperidine rings is 1. The summed E-state index contributed by atoms with van der Waals surface area (Å²) in [7, 11) is 0. The fourth-order valence-electron chi connectivity index (χ4n) is 4.97. The molecular weight excluding hydrogens is 286 g/mol. The molecule has 0 amide bonds. The molecule has 5 nitrogen and oxygen atoms in total. The summed E-state index contributed by atoms with van der Waals surface area (Å²) in [6, 6.07) is 6.39. The number of fused-ring (bicyclic) bond motifs is 2. The average molecular weight is 311 g/mol. The van der Waals surface area contributed by atoms with Crippen LogP contribution in [0.1, 0.15) is 52.9 Å². The molecule has 0 radical (unpaired) electrons. The summed E-state index contributed by atoms with van der Waals surface area (Å²) in [5.41, 5.74) is -2.68. The van der Waals surface area contributed by atoms with Crippen molar-refractivity contribution in [1.29, 1.82) is 21.2 Å². The van der Waals surface area contributed by atoms with E-state index in [1.54, 1.807) is 0 Å². The van der Waals surface area contributed by atoms with E-state index in [0.717, 1.165) is 32.1 Å². The molecule has 0 aromatic carbocycles. The summed E-state index contributed by atoms with van der Waals surface area (Å²) >= 11 is 0. The van der Waals surface area contributed by atoms with Crippen molar-refractivity contribution in [3.63, 3.8) is 0 Å². The highest BCUT2D eigenvalue weighted by Crippen LogP contribution is 2.67. The Morgan fingerprint density at radius 3 is 2.17 bits per heavy atom. The second kappa shape index (κ2) is 6.21. The van der Waals surface area contributed by atoms with Crippen molar-refractivity contribution < 1.29 is 0 Å². The molecule has 4 atom stereocenters. The molecule has 0 spiro atoms. The molecule has 1 aliphatic heterocycles. The smallest absolute Gasteiger partial charge is 0.189 e. The van der Waals surface area contributed by atoms with Gasteiger partial charge in [-0.25, -0.2) is 0 Å². The highest BCUT2D eigenvalue weighted by Gasteiger charge is 2.79. The number of nitrogens with one attached hydrogen (secondary N) is 1. The first-order chi connectivity index (χ1) is 11.1. The van der Waals surface area contributed by atoms with Gasteiger partial charge in [-0.15, -0.1) is 0 Å². The summed E-state index contributed by atoms with van der Waals surface area (Å²) in [6.45, 7) is 6.86. The average Bonchev–Trinajstić information content (AvgIpc) is 2.93. The monoisotopic (exact) mass is 311 g/mol. The van der Waals surface area contributed by atoms with Crippen LogP contribution in [0.4, 0.5) is 0 Å². The van der Waals surface area contributed by atoms with Crippen LogP contribution in [0.5, 0.6) is 0 Å². The highest BCUT2D eigenvalue weighted by atomic mass is 15.3. The van der Waals surface area contributed by atoms with E-state index in [1.165, 1.54) is 0 Å². The lowest BCUT2D eigenvalue weighted by Crippen LogP contribution is -2.50. The van der Waals surface area contributed by atoms with Crippen LogP contribution >= 0.6 is 0 Å². The summed E-state index contributed by atoms with van der Waals surface area (Å²) < 4.78 is 0. The van der Waals surface area contributed by atoms with Crippen LogP contribution in [0.15, 0.2) is 0 Å². The number of unbranched alkanes of at least 4 members (excludes halogenated alkanes) is 1. The van der Waals surface area contributed by atoms with Crippen LogP contribution in [0.2, 0.25) is 0 Å². The van der Waals surface area contributed by atoms with Crippen molar-refractivity contribution in [2.45, 2.75) is 58.9 Å². The molecule has 5 heteroatoms. The van der Waals surface area contributed by atoms with Gasteiger partial charge in [0.05, 0.1) is 24.2 Å². The first-order valence-corrected chi connectivity index (χ1v) is 8.65. The molecule has 0 aromatic rings. The Labute approximate surface area is 139 Å². The van der Waals surface area contributed by atoms with Gasteiger partial charge in [-0.05, 0) is 24.7 Å². The van der Waals surface area contributed by atoms with Gasteiger partial charge in [0.15, 0.2) is 10.8 Å². The van der Waals surface area contributed by atoms with E-state index in [0.29, 0.717) is 6.54 Å².